The lowest BCUT2D eigenvalue weighted by atomic mass is 9.94. The minimum Gasteiger partial charge on any atom is -0.382 e. The Labute approximate surface area is 81.6 Å². The van der Waals surface area contributed by atoms with Crippen molar-refractivity contribution in [2.45, 2.75) is 38.6 Å². The van der Waals surface area contributed by atoms with Gasteiger partial charge in [-0.3, -0.25) is 0 Å². The van der Waals surface area contributed by atoms with Gasteiger partial charge in [-0.1, -0.05) is 13.3 Å². The van der Waals surface area contributed by atoms with Gasteiger partial charge in [0, 0.05) is 19.3 Å². The lowest BCUT2D eigenvalue weighted by Crippen LogP contribution is -2.37. The average Bonchev–Trinajstić information content (AvgIpc) is 2.04. The first-order valence-corrected chi connectivity index (χ1v) is 4.98. The molecular formula is C10H23NO2. The molecule has 2 N–H and O–H groups in total. The molecule has 0 amide bonds. The van der Waals surface area contributed by atoms with E-state index in [1.165, 1.54) is 0 Å². The van der Waals surface area contributed by atoms with Gasteiger partial charge < -0.3 is 15.2 Å². The summed E-state index contributed by atoms with van der Waals surface area (Å²) in [7, 11) is 1.67. The van der Waals surface area contributed by atoms with Gasteiger partial charge in [-0.15, -0.1) is 0 Å². The SMILES string of the molecule is CCCC(C)(N)CCOCCOC. The monoisotopic (exact) mass is 189 g/mol. The summed E-state index contributed by atoms with van der Waals surface area (Å²) < 4.78 is 10.2. The third kappa shape index (κ3) is 8.22. The van der Waals surface area contributed by atoms with Crippen LogP contribution in [0.5, 0.6) is 0 Å². The van der Waals surface area contributed by atoms with E-state index in [1.54, 1.807) is 7.11 Å². The van der Waals surface area contributed by atoms with Crippen LogP contribution in [0.4, 0.5) is 0 Å². The summed E-state index contributed by atoms with van der Waals surface area (Å²) in [6.07, 6.45) is 3.11. The van der Waals surface area contributed by atoms with Gasteiger partial charge in [-0.2, -0.15) is 0 Å². The smallest absolute Gasteiger partial charge is 0.0700 e. The van der Waals surface area contributed by atoms with Crippen molar-refractivity contribution in [1.82, 2.24) is 0 Å². The Bertz CT molecular complexity index is 115. The first-order chi connectivity index (χ1) is 6.12. The standard InChI is InChI=1S/C10H23NO2/c1-4-5-10(2,11)6-7-13-9-8-12-3/h4-9,11H2,1-3H3. The quantitative estimate of drug-likeness (QED) is 0.589. The fourth-order valence-corrected chi connectivity index (χ4v) is 1.25. The summed E-state index contributed by atoms with van der Waals surface area (Å²) in [4.78, 5) is 0. The van der Waals surface area contributed by atoms with Gasteiger partial charge in [-0.05, 0) is 19.8 Å². The second-order valence-corrected chi connectivity index (χ2v) is 3.76. The molecule has 0 bridgehead atoms. The van der Waals surface area contributed by atoms with E-state index in [9.17, 15) is 0 Å². The highest BCUT2D eigenvalue weighted by molar-refractivity contribution is 4.77. The van der Waals surface area contributed by atoms with E-state index in [2.05, 4.69) is 13.8 Å². The van der Waals surface area contributed by atoms with Crippen LogP contribution in [0.25, 0.3) is 0 Å². The lowest BCUT2D eigenvalue weighted by Gasteiger charge is -2.23. The zero-order valence-corrected chi connectivity index (χ0v) is 9.14. The van der Waals surface area contributed by atoms with Crippen molar-refractivity contribution in [2.75, 3.05) is 26.9 Å². The molecule has 0 aromatic heterocycles. The fraction of sp³-hybridized carbons (Fsp3) is 1.00. The van der Waals surface area contributed by atoms with Crippen LogP contribution in [-0.2, 0) is 9.47 Å². The number of rotatable bonds is 8. The molecule has 0 rings (SSSR count). The predicted molar refractivity (Wildman–Crippen MR) is 54.8 cm³/mol. The van der Waals surface area contributed by atoms with E-state index in [0.29, 0.717) is 13.2 Å². The molecule has 1 atom stereocenters. The third-order valence-corrected chi connectivity index (χ3v) is 2.07. The molecule has 0 aliphatic heterocycles. The Hall–Kier alpha value is -0.120. The molecule has 0 radical (unpaired) electrons. The maximum atomic E-state index is 6.03. The van der Waals surface area contributed by atoms with Crippen molar-refractivity contribution in [3.05, 3.63) is 0 Å². The molecule has 3 nitrogen and oxygen atoms in total. The van der Waals surface area contributed by atoms with Crippen LogP contribution in [0.1, 0.15) is 33.1 Å². The minimum atomic E-state index is -0.0676. The normalized spacial score (nSPS) is 15.7. The molecule has 3 heteroatoms. The average molecular weight is 189 g/mol. The van der Waals surface area contributed by atoms with E-state index in [4.69, 9.17) is 15.2 Å². The third-order valence-electron chi connectivity index (χ3n) is 2.07. The number of hydrogen-bond acceptors (Lipinski definition) is 3. The first-order valence-electron chi connectivity index (χ1n) is 4.98. The zero-order chi connectivity index (χ0) is 10.2. The Morgan fingerprint density at radius 3 is 2.38 bits per heavy atom. The van der Waals surface area contributed by atoms with Crippen molar-refractivity contribution >= 4 is 0 Å². The minimum absolute atomic E-state index is 0.0676. The molecule has 0 saturated heterocycles. The number of hydrogen-bond donors (Lipinski definition) is 1. The molecule has 0 fully saturated rings. The Morgan fingerprint density at radius 2 is 1.85 bits per heavy atom. The van der Waals surface area contributed by atoms with Gasteiger partial charge >= 0.3 is 0 Å². The highest BCUT2D eigenvalue weighted by atomic mass is 16.5. The van der Waals surface area contributed by atoms with Crippen LogP contribution in [0.15, 0.2) is 0 Å². The van der Waals surface area contributed by atoms with Gasteiger partial charge in [0.1, 0.15) is 0 Å². The topological polar surface area (TPSA) is 44.5 Å². The highest BCUT2D eigenvalue weighted by Gasteiger charge is 2.16. The van der Waals surface area contributed by atoms with E-state index in [0.717, 1.165) is 25.9 Å². The van der Waals surface area contributed by atoms with Crippen molar-refractivity contribution in [3.8, 4) is 0 Å². The Kier molecular flexibility index (Phi) is 7.23. The van der Waals surface area contributed by atoms with Crippen LogP contribution in [-0.4, -0.2) is 32.5 Å². The number of methoxy groups -OCH3 is 1. The second-order valence-electron chi connectivity index (χ2n) is 3.76. The molecule has 0 heterocycles. The summed E-state index contributed by atoms with van der Waals surface area (Å²) in [6.45, 7) is 6.29. The molecule has 0 saturated carbocycles. The zero-order valence-electron chi connectivity index (χ0n) is 9.14. The van der Waals surface area contributed by atoms with Crippen molar-refractivity contribution in [3.63, 3.8) is 0 Å². The Balaban J connectivity index is 3.29. The van der Waals surface area contributed by atoms with Crippen LogP contribution in [0, 0.1) is 0 Å². The van der Waals surface area contributed by atoms with Crippen LogP contribution >= 0.6 is 0 Å². The van der Waals surface area contributed by atoms with Gasteiger partial charge in [-0.25, -0.2) is 0 Å². The van der Waals surface area contributed by atoms with E-state index < -0.39 is 0 Å². The maximum absolute atomic E-state index is 6.03. The second kappa shape index (κ2) is 7.30. The molecular weight excluding hydrogens is 166 g/mol. The predicted octanol–water partition coefficient (Wildman–Crippen LogP) is 1.56. The maximum Gasteiger partial charge on any atom is 0.0700 e. The first kappa shape index (κ1) is 12.9. The molecule has 80 valence electrons. The van der Waals surface area contributed by atoms with Crippen molar-refractivity contribution in [2.24, 2.45) is 5.73 Å². The molecule has 0 spiro atoms. The summed E-state index contributed by atoms with van der Waals surface area (Å²) >= 11 is 0. The van der Waals surface area contributed by atoms with Gasteiger partial charge in [0.15, 0.2) is 0 Å². The van der Waals surface area contributed by atoms with Crippen LogP contribution in [0.3, 0.4) is 0 Å². The van der Waals surface area contributed by atoms with Gasteiger partial charge in [0.25, 0.3) is 0 Å². The van der Waals surface area contributed by atoms with Crippen molar-refractivity contribution < 1.29 is 9.47 Å². The summed E-state index contributed by atoms with van der Waals surface area (Å²) in [5.41, 5.74) is 5.96. The number of nitrogens with two attached hydrogens (primary N) is 1. The van der Waals surface area contributed by atoms with E-state index >= 15 is 0 Å². The highest BCUT2D eigenvalue weighted by Crippen LogP contribution is 2.12. The lowest BCUT2D eigenvalue weighted by molar-refractivity contribution is 0.0615. The summed E-state index contributed by atoms with van der Waals surface area (Å²) in [6, 6.07) is 0. The van der Waals surface area contributed by atoms with Crippen molar-refractivity contribution in [1.29, 1.82) is 0 Å². The Morgan fingerprint density at radius 1 is 1.15 bits per heavy atom. The number of ether oxygens (including phenoxy) is 2. The van der Waals surface area contributed by atoms with E-state index in [1.807, 2.05) is 0 Å². The fourth-order valence-electron chi connectivity index (χ4n) is 1.25. The largest absolute Gasteiger partial charge is 0.382 e. The van der Waals surface area contributed by atoms with E-state index in [-0.39, 0.29) is 5.54 Å². The summed E-state index contributed by atoms with van der Waals surface area (Å²) in [5.74, 6) is 0. The molecule has 1 unspecified atom stereocenters. The molecule has 0 aromatic rings. The molecule has 0 aromatic carbocycles. The molecule has 0 aliphatic rings. The van der Waals surface area contributed by atoms with Gasteiger partial charge in [0.05, 0.1) is 13.2 Å². The van der Waals surface area contributed by atoms with Crippen LogP contribution in [0.2, 0.25) is 0 Å². The molecule has 0 aliphatic carbocycles. The van der Waals surface area contributed by atoms with Gasteiger partial charge in [0.2, 0.25) is 0 Å². The molecule has 13 heavy (non-hydrogen) atoms. The van der Waals surface area contributed by atoms with Crippen LogP contribution < -0.4 is 5.73 Å². The summed E-state index contributed by atoms with van der Waals surface area (Å²) in [5, 5.41) is 0.